The predicted molar refractivity (Wildman–Crippen MR) is 28.0 cm³/mol. The molecule has 0 aromatic rings. The van der Waals surface area contributed by atoms with Gasteiger partial charge in [-0.05, 0) is 0 Å². The van der Waals surface area contributed by atoms with Crippen molar-refractivity contribution in [3.05, 3.63) is 13.2 Å². The largest absolute Gasteiger partial charge is 1.00 e. The van der Waals surface area contributed by atoms with Crippen molar-refractivity contribution in [1.82, 2.24) is 12.3 Å². The molecule has 2 nitrogen and oxygen atoms in total. The van der Waals surface area contributed by atoms with Crippen LogP contribution in [-0.4, -0.2) is 0 Å². The van der Waals surface area contributed by atoms with Gasteiger partial charge in [-0.25, -0.2) is 0 Å². The molecule has 0 aliphatic heterocycles. The van der Waals surface area contributed by atoms with E-state index in [1.165, 1.54) is 0 Å². The van der Waals surface area contributed by atoms with Crippen LogP contribution in [-0.2, 0) is 0 Å². The molecular weight excluding hydrogens is 287 g/mol. The van der Waals surface area contributed by atoms with E-state index in [4.69, 9.17) is 0 Å². The number of rotatable bonds is 0. The summed E-state index contributed by atoms with van der Waals surface area (Å²) < 4.78 is 0. The Labute approximate surface area is 329 Å². The Morgan fingerprint density at radius 1 is 0.500 bits per heavy atom. The molecule has 0 saturated heterocycles. The maximum absolute atomic E-state index is 3.00. The van der Waals surface area contributed by atoms with Crippen molar-refractivity contribution >= 4 is 0 Å². The summed E-state index contributed by atoms with van der Waals surface area (Å²) in [6.45, 7) is 6.00. The second kappa shape index (κ2) is 62.8. The van der Waals surface area contributed by atoms with E-state index in [0.717, 1.165) is 0 Å². The van der Waals surface area contributed by atoms with Crippen LogP contribution in [0.25, 0.3) is 0 Å². The van der Waals surface area contributed by atoms with E-state index >= 15 is 0 Å². The van der Waals surface area contributed by atoms with Gasteiger partial charge in [0.2, 0.25) is 0 Å². The first kappa shape index (κ1) is 60.6. The smallest absolute Gasteiger partial charge is 1.00 e. The summed E-state index contributed by atoms with van der Waals surface area (Å²) in [7, 11) is 0. The first-order valence-corrected chi connectivity index (χ1v) is 0.500. The summed E-state index contributed by atoms with van der Waals surface area (Å²) in [4.78, 5) is 0. The average molecular weight is 303 g/mol. The molecule has 0 saturated carbocycles. The topological polar surface area (TPSA) is 70.0 Å². The summed E-state index contributed by atoms with van der Waals surface area (Å²) in [5.41, 5.74) is 0. The van der Waals surface area contributed by atoms with Gasteiger partial charge in [-0.15, -0.1) is 13.2 Å². The molecule has 10 heavy (non-hydrogen) atoms. The van der Waals surface area contributed by atoms with Crippen molar-refractivity contribution in [3.63, 3.8) is 0 Å². The first-order valence-electron chi connectivity index (χ1n) is 0.500. The van der Waals surface area contributed by atoms with Crippen LogP contribution in [0.3, 0.4) is 0 Å². The molecule has 0 rings (SSSR count). The van der Waals surface area contributed by atoms with Gasteiger partial charge in [0.1, 0.15) is 0 Å². The van der Waals surface area contributed by atoms with E-state index < -0.39 is 0 Å². The van der Waals surface area contributed by atoms with Gasteiger partial charge in [0, 0.05) is 0 Å². The summed E-state index contributed by atoms with van der Waals surface area (Å²) >= 11 is 0. The van der Waals surface area contributed by atoms with E-state index in [9.17, 15) is 0 Å². The normalized spacial score (nSPS) is 0.400. The van der Waals surface area contributed by atoms with E-state index in [1.54, 1.807) is 0 Å². The maximum atomic E-state index is 3.00. The van der Waals surface area contributed by atoms with Crippen LogP contribution in [0.4, 0.5) is 0 Å². The van der Waals surface area contributed by atoms with Crippen molar-refractivity contribution in [1.29, 1.82) is 0 Å². The quantitative estimate of drug-likeness (QED) is 0.345. The molecular formula is C2H16K6N2. The third-order valence-corrected chi connectivity index (χ3v) is 0. The summed E-state index contributed by atoms with van der Waals surface area (Å²) in [5, 5.41) is 0. The molecule has 0 aliphatic carbocycles. The Morgan fingerprint density at radius 3 is 0.500 bits per heavy atom. The van der Waals surface area contributed by atoms with Crippen molar-refractivity contribution < 1.29 is 317 Å². The van der Waals surface area contributed by atoms with Crippen LogP contribution in [0.5, 0.6) is 0 Å². The fourth-order valence-electron chi connectivity index (χ4n) is 0. The predicted octanol–water partition coefficient (Wildman–Crippen LogP) is -16.2. The minimum atomic E-state index is 0. The van der Waals surface area contributed by atoms with Gasteiger partial charge < -0.3 is 20.9 Å². The van der Waals surface area contributed by atoms with Gasteiger partial charge in [-0.3, -0.25) is 0 Å². The third-order valence-electron chi connectivity index (χ3n) is 0. The van der Waals surface area contributed by atoms with E-state index in [1.807, 2.05) is 0 Å². The number of hydrogen-bond donors (Lipinski definition) is 2. The van der Waals surface area contributed by atoms with Gasteiger partial charge in [-0.2, -0.15) is 0 Å². The molecule has 0 aromatic carbocycles. The van der Waals surface area contributed by atoms with Crippen LogP contribution in [0.1, 0.15) is 8.56 Å². The Hall–Kier alpha value is 9.48. The minimum absolute atomic E-state index is 0. The van der Waals surface area contributed by atoms with Gasteiger partial charge >= 0.3 is 308 Å². The van der Waals surface area contributed by atoms with Crippen LogP contribution in [0.2, 0.25) is 0 Å². The maximum Gasteiger partial charge on any atom is 1.00 e. The van der Waals surface area contributed by atoms with Crippen molar-refractivity contribution in [2.45, 2.75) is 0 Å². The average Bonchev–Trinajstić information content (AvgIpc) is 1.00. The van der Waals surface area contributed by atoms with Gasteiger partial charge in [0.05, 0.1) is 0 Å². The SMILES string of the molecule is C=C.N.N.[H-].[H-].[H-].[H-].[H-].[H-].[K+].[K+].[K+].[K+].[K+].[K+]. The molecule has 0 atom stereocenters. The van der Waals surface area contributed by atoms with Crippen LogP contribution >= 0.6 is 0 Å². The molecule has 0 fully saturated rings. The second-order valence-electron chi connectivity index (χ2n) is 0. The zero-order valence-electron chi connectivity index (χ0n) is 14.8. The zero-order valence-corrected chi connectivity index (χ0v) is 27.6. The Morgan fingerprint density at radius 2 is 0.500 bits per heavy atom. The van der Waals surface area contributed by atoms with Crippen LogP contribution in [0.15, 0.2) is 13.2 Å². The molecule has 0 aliphatic rings. The Bertz CT molecular complexity index is 29.0. The summed E-state index contributed by atoms with van der Waals surface area (Å²) in [5.74, 6) is 0. The molecule has 6 N–H and O–H groups in total. The molecule has 8 heteroatoms. The molecule has 0 bridgehead atoms. The Balaban J connectivity index is -0.0000000000549. The summed E-state index contributed by atoms with van der Waals surface area (Å²) in [6, 6.07) is 0. The van der Waals surface area contributed by atoms with Crippen molar-refractivity contribution in [3.8, 4) is 0 Å². The van der Waals surface area contributed by atoms with Crippen molar-refractivity contribution in [2.24, 2.45) is 0 Å². The third kappa shape index (κ3) is 52.8. The minimum Gasteiger partial charge on any atom is -1.00 e. The number of hydrogen-bond acceptors (Lipinski definition) is 2. The molecule has 0 amide bonds. The monoisotopic (exact) mass is 302 g/mol. The molecule has 0 unspecified atom stereocenters. The molecule has 40 valence electrons. The fourth-order valence-corrected chi connectivity index (χ4v) is 0. The van der Waals surface area contributed by atoms with E-state index in [-0.39, 0.29) is 329 Å². The van der Waals surface area contributed by atoms with Crippen molar-refractivity contribution in [2.75, 3.05) is 0 Å². The van der Waals surface area contributed by atoms with E-state index in [0.29, 0.717) is 0 Å². The molecule has 0 heterocycles. The Kier molecular flexibility index (Phi) is 381. The molecule has 0 aromatic heterocycles. The molecule has 0 spiro atoms. The second-order valence-corrected chi connectivity index (χ2v) is 0. The van der Waals surface area contributed by atoms with Gasteiger partial charge in [-0.1, -0.05) is 0 Å². The molecule has 0 radical (unpaired) electrons. The fraction of sp³-hybridized carbons (Fsp3) is 0. The van der Waals surface area contributed by atoms with Crippen LogP contribution < -0.4 is 321 Å². The van der Waals surface area contributed by atoms with Gasteiger partial charge in [0.15, 0.2) is 0 Å². The first-order chi connectivity index (χ1) is 1.00. The standard InChI is InChI=1S/C2H4.6K.2H3N.6H/c1-2;;;;;;;;;;;;;;/h1-2H2;;;;;;;2*1H3;;;;;;/q;6*+1;;;6*-1. The zero-order chi connectivity index (χ0) is 2.00. The summed E-state index contributed by atoms with van der Waals surface area (Å²) in [6.07, 6.45) is 0. The van der Waals surface area contributed by atoms with E-state index in [2.05, 4.69) is 13.2 Å². The van der Waals surface area contributed by atoms with Crippen LogP contribution in [0, 0.1) is 0 Å². The van der Waals surface area contributed by atoms with Gasteiger partial charge in [0.25, 0.3) is 0 Å².